The highest BCUT2D eigenvalue weighted by Gasteiger charge is 2.19. The molecule has 0 heterocycles. The van der Waals surface area contributed by atoms with Crippen LogP contribution in [-0.4, -0.2) is 0 Å². The molecular formula is C17H18F3N. The third-order valence-electron chi connectivity index (χ3n) is 3.54. The van der Waals surface area contributed by atoms with Gasteiger partial charge in [-0.2, -0.15) is 0 Å². The molecule has 0 saturated carbocycles. The Hall–Kier alpha value is -1.81. The molecule has 1 nitrogen and oxygen atoms in total. The number of hydrogen-bond donors (Lipinski definition) is 1. The molecule has 2 unspecified atom stereocenters. The first-order valence-corrected chi connectivity index (χ1v) is 6.98. The summed E-state index contributed by atoms with van der Waals surface area (Å²) in [5.74, 6) is -1.48. The number of rotatable bonds is 5. The molecular weight excluding hydrogens is 275 g/mol. The summed E-state index contributed by atoms with van der Waals surface area (Å²) < 4.78 is 40.9. The molecule has 2 aromatic rings. The first-order chi connectivity index (χ1) is 10.0. The van der Waals surface area contributed by atoms with Gasteiger partial charge in [-0.25, -0.2) is 13.2 Å². The van der Waals surface area contributed by atoms with Crippen molar-refractivity contribution in [1.82, 2.24) is 5.32 Å². The van der Waals surface area contributed by atoms with Crippen molar-refractivity contribution in [2.45, 2.75) is 32.4 Å². The zero-order valence-corrected chi connectivity index (χ0v) is 12.0. The van der Waals surface area contributed by atoms with Crippen LogP contribution in [0.4, 0.5) is 13.2 Å². The Balaban J connectivity index is 2.22. The van der Waals surface area contributed by atoms with Crippen molar-refractivity contribution in [2.24, 2.45) is 0 Å². The van der Waals surface area contributed by atoms with Crippen LogP contribution >= 0.6 is 0 Å². The highest BCUT2D eigenvalue weighted by molar-refractivity contribution is 5.25. The van der Waals surface area contributed by atoms with Gasteiger partial charge in [-0.05, 0) is 43.2 Å². The summed E-state index contributed by atoms with van der Waals surface area (Å²) in [7, 11) is 0. The Labute approximate surface area is 122 Å². The van der Waals surface area contributed by atoms with Crippen molar-refractivity contribution in [1.29, 1.82) is 0 Å². The summed E-state index contributed by atoms with van der Waals surface area (Å²) in [5.41, 5.74) is 0.772. The highest BCUT2D eigenvalue weighted by atomic mass is 19.1. The van der Waals surface area contributed by atoms with Gasteiger partial charge in [0.05, 0.1) is 0 Å². The van der Waals surface area contributed by atoms with E-state index in [4.69, 9.17) is 0 Å². The predicted octanol–water partition coefficient (Wildman–Crippen LogP) is 4.91. The van der Waals surface area contributed by atoms with Crippen molar-refractivity contribution in [3.63, 3.8) is 0 Å². The van der Waals surface area contributed by atoms with Crippen LogP contribution in [0.1, 0.15) is 43.5 Å². The lowest BCUT2D eigenvalue weighted by atomic mass is 10.0. The van der Waals surface area contributed by atoms with Gasteiger partial charge in [-0.15, -0.1) is 0 Å². The van der Waals surface area contributed by atoms with E-state index in [-0.39, 0.29) is 17.4 Å². The molecule has 0 aromatic heterocycles. The summed E-state index contributed by atoms with van der Waals surface area (Å²) in [6, 6.07) is 9.36. The average molecular weight is 293 g/mol. The van der Waals surface area contributed by atoms with Crippen molar-refractivity contribution in [3.05, 3.63) is 71.0 Å². The fourth-order valence-corrected chi connectivity index (χ4v) is 2.48. The topological polar surface area (TPSA) is 12.0 Å². The molecule has 21 heavy (non-hydrogen) atoms. The van der Waals surface area contributed by atoms with E-state index in [1.54, 1.807) is 19.1 Å². The van der Waals surface area contributed by atoms with Crippen molar-refractivity contribution >= 4 is 0 Å². The van der Waals surface area contributed by atoms with Gasteiger partial charge in [0.15, 0.2) is 0 Å². The van der Waals surface area contributed by atoms with Gasteiger partial charge in [-0.3, -0.25) is 0 Å². The van der Waals surface area contributed by atoms with E-state index in [2.05, 4.69) is 5.32 Å². The third kappa shape index (κ3) is 3.64. The molecule has 112 valence electrons. The van der Waals surface area contributed by atoms with Gasteiger partial charge >= 0.3 is 0 Å². The number of halogens is 3. The Kier molecular flexibility index (Phi) is 5.02. The molecule has 2 rings (SSSR count). The minimum atomic E-state index is -0.580. The van der Waals surface area contributed by atoms with E-state index in [9.17, 15) is 13.2 Å². The second-order valence-electron chi connectivity index (χ2n) is 5.04. The van der Waals surface area contributed by atoms with Crippen LogP contribution < -0.4 is 5.32 Å². The van der Waals surface area contributed by atoms with Gasteiger partial charge in [0.1, 0.15) is 17.5 Å². The summed E-state index contributed by atoms with van der Waals surface area (Å²) in [5, 5.41) is 3.16. The van der Waals surface area contributed by atoms with Crippen molar-refractivity contribution < 1.29 is 13.2 Å². The van der Waals surface area contributed by atoms with E-state index in [1.165, 1.54) is 30.3 Å². The Morgan fingerprint density at radius 1 is 1.00 bits per heavy atom. The molecule has 1 N–H and O–H groups in total. The molecule has 0 amide bonds. The molecule has 0 spiro atoms. The molecule has 2 aromatic carbocycles. The number of benzene rings is 2. The SMILES string of the molecule is CCC(NC(C)c1c(F)cccc1F)c1cccc(F)c1. The molecule has 0 aliphatic rings. The second-order valence-corrected chi connectivity index (χ2v) is 5.04. The Bertz CT molecular complexity index is 592. The highest BCUT2D eigenvalue weighted by Crippen LogP contribution is 2.25. The maximum Gasteiger partial charge on any atom is 0.130 e. The Morgan fingerprint density at radius 2 is 1.62 bits per heavy atom. The predicted molar refractivity (Wildman–Crippen MR) is 77.3 cm³/mol. The molecule has 0 radical (unpaired) electrons. The van der Waals surface area contributed by atoms with Gasteiger partial charge in [0.25, 0.3) is 0 Å². The lowest BCUT2D eigenvalue weighted by molar-refractivity contribution is 0.424. The molecule has 0 aliphatic carbocycles. The smallest absolute Gasteiger partial charge is 0.130 e. The van der Waals surface area contributed by atoms with Crippen LogP contribution in [0.15, 0.2) is 42.5 Å². The van der Waals surface area contributed by atoms with Crippen LogP contribution in [0.5, 0.6) is 0 Å². The van der Waals surface area contributed by atoms with E-state index in [1.807, 2.05) is 6.92 Å². The van der Waals surface area contributed by atoms with Crippen molar-refractivity contribution in [2.75, 3.05) is 0 Å². The van der Waals surface area contributed by atoms with Crippen molar-refractivity contribution in [3.8, 4) is 0 Å². The lowest BCUT2D eigenvalue weighted by Crippen LogP contribution is -2.25. The number of nitrogens with one attached hydrogen (secondary N) is 1. The number of hydrogen-bond acceptors (Lipinski definition) is 1. The lowest BCUT2D eigenvalue weighted by Gasteiger charge is -2.23. The second kappa shape index (κ2) is 6.76. The molecule has 0 saturated heterocycles. The van der Waals surface area contributed by atoms with Crippen LogP contribution in [0, 0.1) is 17.5 Å². The maximum absolute atomic E-state index is 13.8. The first-order valence-electron chi connectivity index (χ1n) is 6.98. The zero-order chi connectivity index (χ0) is 15.4. The van der Waals surface area contributed by atoms with Gasteiger partial charge < -0.3 is 5.32 Å². The van der Waals surface area contributed by atoms with Crippen LogP contribution in [0.3, 0.4) is 0 Å². The van der Waals surface area contributed by atoms with E-state index >= 15 is 0 Å². The summed E-state index contributed by atoms with van der Waals surface area (Å²) >= 11 is 0. The fourth-order valence-electron chi connectivity index (χ4n) is 2.48. The Morgan fingerprint density at radius 3 is 2.19 bits per heavy atom. The average Bonchev–Trinajstić information content (AvgIpc) is 2.44. The van der Waals surface area contributed by atoms with Crippen LogP contribution in [-0.2, 0) is 0 Å². The van der Waals surface area contributed by atoms with E-state index < -0.39 is 17.7 Å². The summed E-state index contributed by atoms with van der Waals surface area (Å²) in [4.78, 5) is 0. The maximum atomic E-state index is 13.8. The normalized spacial score (nSPS) is 14.0. The standard InChI is InChI=1S/C17H18F3N/c1-3-16(12-6-4-7-13(18)10-12)21-11(2)17-14(19)8-5-9-15(17)20/h4-11,16,21H,3H2,1-2H3. The summed E-state index contributed by atoms with van der Waals surface area (Å²) in [6.07, 6.45) is 0.684. The fraction of sp³-hybridized carbons (Fsp3) is 0.294. The van der Waals surface area contributed by atoms with Gasteiger partial charge in [-0.1, -0.05) is 25.1 Å². The summed E-state index contributed by atoms with van der Waals surface area (Å²) in [6.45, 7) is 3.64. The zero-order valence-electron chi connectivity index (χ0n) is 12.0. The molecule has 0 fully saturated rings. The molecule has 4 heteroatoms. The minimum absolute atomic E-state index is 0.00681. The molecule has 2 atom stereocenters. The van der Waals surface area contributed by atoms with Crippen LogP contribution in [0.2, 0.25) is 0 Å². The largest absolute Gasteiger partial charge is 0.303 e. The molecule has 0 aliphatic heterocycles. The third-order valence-corrected chi connectivity index (χ3v) is 3.54. The monoisotopic (exact) mass is 293 g/mol. The minimum Gasteiger partial charge on any atom is -0.303 e. The van der Waals surface area contributed by atoms with E-state index in [0.29, 0.717) is 6.42 Å². The van der Waals surface area contributed by atoms with E-state index in [0.717, 1.165) is 5.56 Å². The molecule has 0 bridgehead atoms. The first kappa shape index (κ1) is 15.6. The van der Waals surface area contributed by atoms with Gasteiger partial charge in [0.2, 0.25) is 0 Å². The quantitative estimate of drug-likeness (QED) is 0.826. The van der Waals surface area contributed by atoms with Crippen LogP contribution in [0.25, 0.3) is 0 Å². The van der Waals surface area contributed by atoms with Gasteiger partial charge in [0, 0.05) is 17.6 Å².